The van der Waals surface area contributed by atoms with E-state index in [2.05, 4.69) is 63.2 Å². The number of rotatable bonds is 0. The van der Waals surface area contributed by atoms with E-state index in [1.165, 1.54) is 16.9 Å². The predicted molar refractivity (Wildman–Crippen MR) is 71.5 cm³/mol. The lowest BCUT2D eigenvalue weighted by Gasteiger charge is -2.37. The van der Waals surface area contributed by atoms with E-state index in [1.54, 1.807) is 0 Å². The lowest BCUT2D eigenvalue weighted by Crippen LogP contribution is -2.40. The summed E-state index contributed by atoms with van der Waals surface area (Å²) < 4.78 is 0. The van der Waals surface area contributed by atoms with Gasteiger partial charge in [-0.2, -0.15) is 0 Å². The molecule has 16 heavy (non-hydrogen) atoms. The zero-order valence-corrected chi connectivity index (χ0v) is 11.0. The van der Waals surface area contributed by atoms with Crippen molar-refractivity contribution < 1.29 is 0 Å². The van der Waals surface area contributed by atoms with Gasteiger partial charge >= 0.3 is 0 Å². The van der Waals surface area contributed by atoms with Crippen molar-refractivity contribution in [1.29, 1.82) is 0 Å². The topological polar surface area (TPSA) is 15.3 Å². The normalized spacial score (nSPS) is 20.3. The van der Waals surface area contributed by atoms with E-state index in [1.807, 2.05) is 0 Å². The second-order valence-corrected chi connectivity index (χ2v) is 5.79. The van der Waals surface area contributed by atoms with Gasteiger partial charge in [-0.05, 0) is 24.0 Å². The van der Waals surface area contributed by atoms with Crippen LogP contribution in [0.3, 0.4) is 0 Å². The summed E-state index contributed by atoms with van der Waals surface area (Å²) in [5.74, 6) is 0. The zero-order valence-electron chi connectivity index (χ0n) is 11.0. The summed E-state index contributed by atoms with van der Waals surface area (Å²) in [6, 6.07) is 7.15. The molecule has 1 heterocycles. The molecule has 1 aromatic rings. The van der Waals surface area contributed by atoms with Crippen molar-refractivity contribution >= 4 is 11.4 Å². The van der Waals surface area contributed by atoms with E-state index in [0.29, 0.717) is 6.04 Å². The van der Waals surface area contributed by atoms with E-state index >= 15 is 0 Å². The van der Waals surface area contributed by atoms with Crippen LogP contribution in [0.25, 0.3) is 0 Å². The number of para-hydroxylation sites is 1. The molecule has 0 saturated carbocycles. The standard InChI is InChI=1S/C14H22N2/c1-10-9-15-13-11(14(2,3)4)7-6-8-12(13)16(10)5/h6-8,10,15H,9H2,1-5H3. The van der Waals surface area contributed by atoms with Gasteiger partial charge in [0.25, 0.3) is 0 Å². The number of likely N-dealkylation sites (N-methyl/N-ethyl adjacent to an activating group) is 1. The highest BCUT2D eigenvalue weighted by molar-refractivity contribution is 5.76. The van der Waals surface area contributed by atoms with Crippen LogP contribution in [0.15, 0.2) is 18.2 Å². The molecule has 0 amide bonds. The summed E-state index contributed by atoms with van der Waals surface area (Å²) in [6.07, 6.45) is 0. The van der Waals surface area contributed by atoms with Crippen LogP contribution in [0, 0.1) is 0 Å². The predicted octanol–water partition coefficient (Wildman–Crippen LogP) is 3.23. The number of anilines is 2. The quantitative estimate of drug-likeness (QED) is 0.719. The number of hydrogen-bond donors (Lipinski definition) is 1. The van der Waals surface area contributed by atoms with E-state index in [0.717, 1.165) is 6.54 Å². The van der Waals surface area contributed by atoms with Gasteiger partial charge in [0.15, 0.2) is 0 Å². The van der Waals surface area contributed by atoms with Crippen LogP contribution in [0.4, 0.5) is 11.4 Å². The molecular weight excluding hydrogens is 196 g/mol. The molecule has 0 radical (unpaired) electrons. The van der Waals surface area contributed by atoms with E-state index in [-0.39, 0.29) is 5.41 Å². The third-order valence-electron chi connectivity index (χ3n) is 3.47. The summed E-state index contributed by atoms with van der Waals surface area (Å²) in [4.78, 5) is 2.36. The van der Waals surface area contributed by atoms with Crippen molar-refractivity contribution in [2.24, 2.45) is 0 Å². The largest absolute Gasteiger partial charge is 0.381 e. The molecule has 0 aliphatic carbocycles. The van der Waals surface area contributed by atoms with Gasteiger partial charge in [-0.15, -0.1) is 0 Å². The van der Waals surface area contributed by atoms with Crippen molar-refractivity contribution in [3.05, 3.63) is 23.8 Å². The highest BCUT2D eigenvalue weighted by atomic mass is 15.2. The van der Waals surface area contributed by atoms with Gasteiger partial charge in [0.2, 0.25) is 0 Å². The van der Waals surface area contributed by atoms with Gasteiger partial charge in [-0.1, -0.05) is 32.9 Å². The first-order chi connectivity index (χ1) is 7.41. The Morgan fingerprint density at radius 1 is 1.31 bits per heavy atom. The fourth-order valence-electron chi connectivity index (χ4n) is 2.27. The molecule has 1 aromatic carbocycles. The van der Waals surface area contributed by atoms with Gasteiger partial charge in [-0.25, -0.2) is 0 Å². The second-order valence-electron chi connectivity index (χ2n) is 5.79. The average Bonchev–Trinajstić information content (AvgIpc) is 2.21. The minimum atomic E-state index is 0.194. The molecule has 1 aliphatic rings. The molecule has 1 atom stereocenters. The van der Waals surface area contributed by atoms with E-state index in [9.17, 15) is 0 Å². The Labute approximate surface area is 98.7 Å². The van der Waals surface area contributed by atoms with Gasteiger partial charge < -0.3 is 10.2 Å². The van der Waals surface area contributed by atoms with Crippen molar-refractivity contribution in [2.75, 3.05) is 23.8 Å². The Morgan fingerprint density at radius 2 is 2.00 bits per heavy atom. The number of hydrogen-bond acceptors (Lipinski definition) is 2. The summed E-state index contributed by atoms with van der Waals surface area (Å²) in [5, 5.41) is 3.58. The minimum absolute atomic E-state index is 0.194. The molecule has 2 nitrogen and oxygen atoms in total. The highest BCUT2D eigenvalue weighted by Crippen LogP contribution is 2.38. The van der Waals surface area contributed by atoms with Crippen LogP contribution in [-0.4, -0.2) is 19.6 Å². The Balaban J connectivity index is 2.53. The van der Waals surface area contributed by atoms with E-state index < -0.39 is 0 Å². The number of nitrogens with one attached hydrogen (secondary N) is 1. The lowest BCUT2D eigenvalue weighted by atomic mass is 9.84. The van der Waals surface area contributed by atoms with Crippen LogP contribution in [0.2, 0.25) is 0 Å². The summed E-state index contributed by atoms with van der Waals surface area (Å²) in [5.41, 5.74) is 4.24. The lowest BCUT2D eigenvalue weighted by molar-refractivity contribution is 0.587. The van der Waals surface area contributed by atoms with Gasteiger partial charge in [-0.3, -0.25) is 0 Å². The van der Waals surface area contributed by atoms with E-state index in [4.69, 9.17) is 0 Å². The molecule has 2 heteroatoms. The SMILES string of the molecule is CC1CNc2c(cccc2C(C)(C)C)N1C. The van der Waals surface area contributed by atoms with Crippen LogP contribution in [0.1, 0.15) is 33.3 Å². The maximum absolute atomic E-state index is 3.58. The third kappa shape index (κ3) is 1.77. The molecular formula is C14H22N2. The molecule has 2 rings (SSSR count). The summed E-state index contributed by atoms with van der Waals surface area (Å²) in [7, 11) is 2.18. The molecule has 0 bridgehead atoms. The smallest absolute Gasteiger partial charge is 0.0616 e. The number of benzene rings is 1. The highest BCUT2D eigenvalue weighted by Gasteiger charge is 2.25. The van der Waals surface area contributed by atoms with Gasteiger partial charge in [0.1, 0.15) is 0 Å². The molecule has 1 unspecified atom stereocenters. The fourth-order valence-corrected chi connectivity index (χ4v) is 2.27. The van der Waals surface area contributed by atoms with Crippen molar-refractivity contribution in [3.8, 4) is 0 Å². The zero-order chi connectivity index (χ0) is 11.9. The minimum Gasteiger partial charge on any atom is -0.381 e. The molecule has 0 saturated heterocycles. The Morgan fingerprint density at radius 3 is 2.62 bits per heavy atom. The molecule has 1 aliphatic heterocycles. The van der Waals surface area contributed by atoms with Gasteiger partial charge in [0.05, 0.1) is 11.4 Å². The van der Waals surface area contributed by atoms with Crippen molar-refractivity contribution in [2.45, 2.75) is 39.2 Å². The Bertz CT molecular complexity index is 390. The maximum Gasteiger partial charge on any atom is 0.0616 e. The molecule has 0 fully saturated rings. The van der Waals surface area contributed by atoms with Crippen LogP contribution >= 0.6 is 0 Å². The monoisotopic (exact) mass is 218 g/mol. The second kappa shape index (κ2) is 3.69. The van der Waals surface area contributed by atoms with Crippen LogP contribution in [-0.2, 0) is 5.41 Å². The summed E-state index contributed by atoms with van der Waals surface area (Å²) >= 11 is 0. The third-order valence-corrected chi connectivity index (χ3v) is 3.47. The number of nitrogens with zero attached hydrogens (tertiary/aromatic N) is 1. The maximum atomic E-state index is 3.58. The van der Waals surface area contributed by atoms with Crippen LogP contribution < -0.4 is 10.2 Å². The summed E-state index contributed by atoms with van der Waals surface area (Å²) in [6.45, 7) is 10.1. The molecule has 88 valence electrons. The molecule has 0 aromatic heterocycles. The average molecular weight is 218 g/mol. The Kier molecular flexibility index (Phi) is 2.61. The number of fused-ring (bicyclic) bond motifs is 1. The first-order valence-corrected chi connectivity index (χ1v) is 6.01. The fraction of sp³-hybridized carbons (Fsp3) is 0.571. The molecule has 1 N–H and O–H groups in total. The molecule has 0 spiro atoms. The van der Waals surface area contributed by atoms with Crippen molar-refractivity contribution in [1.82, 2.24) is 0 Å². The van der Waals surface area contributed by atoms with Crippen molar-refractivity contribution in [3.63, 3.8) is 0 Å². The Hall–Kier alpha value is -1.18. The first kappa shape index (κ1) is 11.3. The first-order valence-electron chi connectivity index (χ1n) is 6.01. The van der Waals surface area contributed by atoms with Crippen LogP contribution in [0.5, 0.6) is 0 Å². The van der Waals surface area contributed by atoms with Gasteiger partial charge in [0, 0.05) is 19.6 Å².